The van der Waals surface area contributed by atoms with Crippen LogP contribution in [-0.2, 0) is 4.74 Å². The van der Waals surface area contributed by atoms with E-state index in [2.05, 4.69) is 51.2 Å². The summed E-state index contributed by atoms with van der Waals surface area (Å²) in [5, 5.41) is 1.34. The Morgan fingerprint density at radius 1 is 1.11 bits per heavy atom. The van der Waals surface area contributed by atoms with Crippen LogP contribution in [0.25, 0.3) is 12.7 Å². The zero-order chi connectivity index (χ0) is 27.2. The van der Waals surface area contributed by atoms with Crippen LogP contribution in [0, 0.1) is 16.7 Å². The molecule has 3 nitrogen and oxygen atoms in total. The normalized spacial score (nSPS) is 26.9. The molecule has 5 heteroatoms. The molecule has 1 unspecified atom stereocenters. The van der Waals surface area contributed by atoms with Crippen LogP contribution < -0.4 is 10.6 Å². The molecule has 1 aliphatic carbocycles. The van der Waals surface area contributed by atoms with E-state index in [0.717, 1.165) is 43.7 Å². The predicted octanol–water partition coefficient (Wildman–Crippen LogP) is 8.32. The average molecular weight is 511 g/mol. The smallest absolute Gasteiger partial charge is 0.163 e. The standard InChI is InChI=1S/C32H44F2N2O/c1-22-14-18-35-29(22)20-28(34)30-11-9-8-10-15-31(4,5)16-17-32(6,7)23(2)21-36-24(3)26-19-25(37-30)12-13-27(26)33/h12-14,18,20-21,26,35H,1,8-11,15-17,19H2,2-7H3/b23-21+,29-20+,30-28-,36-24?. The van der Waals surface area contributed by atoms with Gasteiger partial charge >= 0.3 is 0 Å². The van der Waals surface area contributed by atoms with Gasteiger partial charge in [0.25, 0.3) is 0 Å². The first-order valence-electron chi connectivity index (χ1n) is 13.6. The van der Waals surface area contributed by atoms with Crippen molar-refractivity contribution < 1.29 is 13.5 Å². The van der Waals surface area contributed by atoms with Gasteiger partial charge in [-0.1, -0.05) is 47.1 Å². The van der Waals surface area contributed by atoms with Crippen LogP contribution in [-0.4, -0.2) is 10.7 Å². The molecule has 1 aromatic heterocycles. The number of halogens is 2. The Bertz CT molecular complexity index is 1220. The zero-order valence-electron chi connectivity index (χ0n) is 23.5. The molecule has 37 heavy (non-hydrogen) atoms. The number of aromatic amines is 1. The Morgan fingerprint density at radius 3 is 2.57 bits per heavy atom. The van der Waals surface area contributed by atoms with Crippen molar-refractivity contribution in [1.82, 2.24) is 4.98 Å². The van der Waals surface area contributed by atoms with Gasteiger partial charge in [0.05, 0.1) is 5.92 Å². The lowest BCUT2D eigenvalue weighted by Gasteiger charge is -2.32. The van der Waals surface area contributed by atoms with E-state index in [4.69, 9.17) is 4.74 Å². The lowest BCUT2D eigenvalue weighted by Crippen LogP contribution is -2.20. The molecule has 1 aromatic rings. The first-order valence-corrected chi connectivity index (χ1v) is 13.6. The highest BCUT2D eigenvalue weighted by atomic mass is 19.1. The summed E-state index contributed by atoms with van der Waals surface area (Å²) in [6.07, 6.45) is 15.1. The first kappa shape index (κ1) is 28.9. The number of aliphatic imine (C=N–C) groups is 1. The van der Waals surface area contributed by atoms with Crippen molar-refractivity contribution in [3.05, 3.63) is 69.9 Å². The molecule has 1 aliphatic heterocycles. The highest BCUT2D eigenvalue weighted by Gasteiger charge is 2.27. The van der Waals surface area contributed by atoms with Crippen molar-refractivity contribution in [2.24, 2.45) is 21.7 Å². The number of H-pyrrole nitrogens is 1. The summed E-state index contributed by atoms with van der Waals surface area (Å²) in [6, 6.07) is 1.80. The van der Waals surface area contributed by atoms with Crippen molar-refractivity contribution in [3.8, 4) is 0 Å². The molecule has 0 spiro atoms. The van der Waals surface area contributed by atoms with Gasteiger partial charge in [-0.2, -0.15) is 0 Å². The van der Waals surface area contributed by atoms with E-state index in [0.29, 0.717) is 29.7 Å². The van der Waals surface area contributed by atoms with Gasteiger partial charge in [-0.25, -0.2) is 8.78 Å². The monoisotopic (exact) mass is 510 g/mol. The molecule has 0 saturated carbocycles. The number of nitrogens with one attached hydrogen (secondary N) is 1. The maximum atomic E-state index is 15.4. The Kier molecular flexibility index (Phi) is 9.55. The van der Waals surface area contributed by atoms with Crippen molar-refractivity contribution in [2.75, 3.05) is 0 Å². The van der Waals surface area contributed by atoms with Gasteiger partial charge in [0.1, 0.15) is 17.3 Å². The molecule has 2 aliphatic rings. The Morgan fingerprint density at radius 2 is 1.86 bits per heavy atom. The Hall–Kier alpha value is -2.69. The number of fused-ring (bicyclic) bond motifs is 2. The van der Waals surface area contributed by atoms with Crippen molar-refractivity contribution in [1.29, 1.82) is 0 Å². The summed E-state index contributed by atoms with van der Waals surface area (Å²) in [5.41, 5.74) is 2.12. The van der Waals surface area contributed by atoms with Crippen LogP contribution in [0.2, 0.25) is 0 Å². The number of rotatable bonds is 1. The lowest BCUT2D eigenvalue weighted by atomic mass is 9.74. The maximum Gasteiger partial charge on any atom is 0.163 e. The molecular formula is C32H44F2N2O. The van der Waals surface area contributed by atoms with E-state index in [1.54, 1.807) is 18.3 Å². The lowest BCUT2D eigenvalue weighted by molar-refractivity contribution is 0.237. The van der Waals surface area contributed by atoms with Crippen LogP contribution in [0.15, 0.2) is 64.4 Å². The molecule has 0 aromatic carbocycles. The van der Waals surface area contributed by atoms with Gasteiger partial charge in [-0.15, -0.1) is 0 Å². The molecule has 2 bridgehead atoms. The number of allylic oxidation sites excluding steroid dienone is 7. The number of hydrogen-bond donors (Lipinski definition) is 1. The largest absolute Gasteiger partial charge is 0.463 e. The second kappa shape index (κ2) is 12.2. The summed E-state index contributed by atoms with van der Waals surface area (Å²) in [6.45, 7) is 17.1. The number of aromatic nitrogens is 1. The highest BCUT2D eigenvalue weighted by Crippen LogP contribution is 2.39. The van der Waals surface area contributed by atoms with Gasteiger partial charge in [-0.05, 0) is 79.4 Å². The van der Waals surface area contributed by atoms with Gasteiger partial charge in [0, 0.05) is 42.4 Å². The van der Waals surface area contributed by atoms with Crippen LogP contribution in [0.1, 0.15) is 92.9 Å². The fraction of sp³-hybridized carbons (Fsp3) is 0.531. The number of nitrogens with zero attached hydrogens (tertiary/aromatic N) is 1. The summed E-state index contributed by atoms with van der Waals surface area (Å²) < 4.78 is 36.4. The van der Waals surface area contributed by atoms with Crippen LogP contribution in [0.5, 0.6) is 0 Å². The minimum atomic E-state index is -0.520. The Balaban J connectivity index is 1.96. The second-order valence-electron chi connectivity index (χ2n) is 12.1. The van der Waals surface area contributed by atoms with Gasteiger partial charge in [-0.3, -0.25) is 4.99 Å². The summed E-state index contributed by atoms with van der Waals surface area (Å²) in [7, 11) is 0. The minimum absolute atomic E-state index is 0.0162. The fourth-order valence-electron chi connectivity index (χ4n) is 4.71. The molecule has 202 valence electrons. The SMILES string of the molecule is C=c1cc[nH]/c1=C/C(F)=C1\CCCCCC(C)(C)CCC(C)(C)/C(C)=C/N=C(C)C2CC(=CC=C2F)O1. The third-order valence-electron chi connectivity index (χ3n) is 8.05. The quantitative estimate of drug-likeness (QED) is 0.405. The number of hydrogen-bond acceptors (Lipinski definition) is 2. The van der Waals surface area contributed by atoms with E-state index >= 15 is 4.39 Å². The van der Waals surface area contributed by atoms with Crippen molar-refractivity contribution in [2.45, 2.75) is 92.9 Å². The molecule has 1 atom stereocenters. The van der Waals surface area contributed by atoms with Crippen LogP contribution in [0.4, 0.5) is 8.78 Å². The highest BCUT2D eigenvalue weighted by molar-refractivity contribution is 5.87. The third-order valence-corrected chi connectivity index (χ3v) is 8.05. The molecule has 0 amide bonds. The summed E-state index contributed by atoms with van der Waals surface area (Å²) >= 11 is 0. The summed E-state index contributed by atoms with van der Waals surface area (Å²) in [5.74, 6) is -0.374. The average Bonchev–Trinajstić information content (AvgIpc) is 3.24. The topological polar surface area (TPSA) is 37.4 Å². The van der Waals surface area contributed by atoms with E-state index < -0.39 is 11.7 Å². The number of ether oxygens (including phenoxy) is 1. The fourth-order valence-corrected chi connectivity index (χ4v) is 4.71. The third kappa shape index (κ3) is 8.15. The second-order valence-corrected chi connectivity index (χ2v) is 12.1. The predicted molar refractivity (Wildman–Crippen MR) is 151 cm³/mol. The Labute approximate surface area is 221 Å². The van der Waals surface area contributed by atoms with E-state index in [9.17, 15) is 4.39 Å². The molecular weight excluding hydrogens is 466 g/mol. The van der Waals surface area contributed by atoms with E-state index in [-0.39, 0.29) is 22.4 Å². The minimum Gasteiger partial charge on any atom is -0.463 e. The van der Waals surface area contributed by atoms with Crippen molar-refractivity contribution in [3.63, 3.8) is 0 Å². The van der Waals surface area contributed by atoms with Gasteiger partial charge in [0.2, 0.25) is 0 Å². The maximum absolute atomic E-state index is 15.4. The van der Waals surface area contributed by atoms with Gasteiger partial charge in [0.15, 0.2) is 5.83 Å². The molecule has 1 N–H and O–H groups in total. The van der Waals surface area contributed by atoms with E-state index in [1.807, 2.05) is 13.1 Å². The molecule has 3 rings (SSSR count). The summed E-state index contributed by atoms with van der Waals surface area (Å²) in [4.78, 5) is 7.69. The molecule has 0 fully saturated rings. The molecule has 0 saturated heterocycles. The van der Waals surface area contributed by atoms with E-state index in [1.165, 1.54) is 17.7 Å². The van der Waals surface area contributed by atoms with Crippen LogP contribution >= 0.6 is 0 Å². The zero-order valence-corrected chi connectivity index (χ0v) is 23.5. The molecule has 0 radical (unpaired) electrons. The van der Waals surface area contributed by atoms with Crippen molar-refractivity contribution >= 4 is 18.4 Å². The first-order chi connectivity index (χ1) is 17.4. The molecule has 2 heterocycles. The van der Waals surface area contributed by atoms with Gasteiger partial charge < -0.3 is 9.72 Å². The van der Waals surface area contributed by atoms with Crippen LogP contribution in [0.3, 0.4) is 0 Å².